The molecule has 38 heavy (non-hydrogen) atoms. The highest BCUT2D eigenvalue weighted by Crippen LogP contribution is 2.23. The molecule has 0 saturated carbocycles. The molecule has 8 nitrogen and oxygen atoms in total. The van der Waals surface area contributed by atoms with Crippen LogP contribution < -0.4 is 20.8 Å². The van der Waals surface area contributed by atoms with Gasteiger partial charge >= 0.3 is 11.8 Å². The lowest BCUT2D eigenvalue weighted by atomic mass is 10.1. The molecule has 0 radical (unpaired) electrons. The molecule has 0 bridgehead atoms. The highest BCUT2D eigenvalue weighted by molar-refractivity contribution is 9.10. The molecule has 0 aliphatic rings. The number of benzene rings is 4. The van der Waals surface area contributed by atoms with Crippen LogP contribution in [0.2, 0.25) is 0 Å². The minimum atomic E-state index is -0.999. The molecule has 0 fully saturated rings. The summed E-state index contributed by atoms with van der Waals surface area (Å²) in [7, 11) is 0. The van der Waals surface area contributed by atoms with Crippen molar-refractivity contribution >= 4 is 51.2 Å². The van der Waals surface area contributed by atoms with Gasteiger partial charge in [0.25, 0.3) is 5.91 Å². The number of hydrogen-bond acceptors (Lipinski definition) is 5. The van der Waals surface area contributed by atoms with Crippen molar-refractivity contribution in [2.24, 2.45) is 5.10 Å². The van der Waals surface area contributed by atoms with E-state index in [1.807, 2.05) is 42.5 Å². The lowest BCUT2D eigenvalue weighted by Gasteiger charge is -2.11. The minimum absolute atomic E-state index is 0.189. The quantitative estimate of drug-likeness (QED) is 0.150. The second kappa shape index (κ2) is 13.0. The van der Waals surface area contributed by atoms with Crippen molar-refractivity contribution in [1.82, 2.24) is 5.43 Å². The largest absolute Gasteiger partial charge is 0.488 e. The zero-order valence-corrected chi connectivity index (χ0v) is 21.6. The maximum absolute atomic E-state index is 12.7. The van der Waals surface area contributed by atoms with E-state index >= 15 is 0 Å². The third-order valence-electron chi connectivity index (χ3n) is 5.24. The Balaban J connectivity index is 1.38. The van der Waals surface area contributed by atoms with Crippen LogP contribution in [0.4, 0.5) is 11.4 Å². The van der Waals surface area contributed by atoms with Gasteiger partial charge in [0.05, 0.1) is 17.5 Å². The van der Waals surface area contributed by atoms with E-state index in [1.165, 1.54) is 12.3 Å². The van der Waals surface area contributed by atoms with E-state index in [1.54, 1.807) is 54.6 Å². The maximum atomic E-state index is 12.7. The fourth-order valence-electron chi connectivity index (χ4n) is 3.39. The summed E-state index contributed by atoms with van der Waals surface area (Å²) < 4.78 is 6.69. The first kappa shape index (κ1) is 26.3. The summed E-state index contributed by atoms with van der Waals surface area (Å²) >= 11 is 3.41. The van der Waals surface area contributed by atoms with Crippen molar-refractivity contribution in [3.8, 4) is 5.75 Å². The average Bonchev–Trinajstić information content (AvgIpc) is 2.94. The molecule has 0 heterocycles. The van der Waals surface area contributed by atoms with Gasteiger partial charge in [0.2, 0.25) is 0 Å². The Bertz CT molecular complexity index is 1460. The van der Waals surface area contributed by atoms with Gasteiger partial charge in [-0.3, -0.25) is 14.4 Å². The summed E-state index contributed by atoms with van der Waals surface area (Å²) in [6, 6.07) is 30.4. The van der Waals surface area contributed by atoms with E-state index in [4.69, 9.17) is 4.74 Å². The predicted molar refractivity (Wildman–Crippen MR) is 150 cm³/mol. The molecule has 9 heteroatoms. The first-order valence-electron chi connectivity index (χ1n) is 11.6. The first-order chi connectivity index (χ1) is 18.5. The van der Waals surface area contributed by atoms with Crippen LogP contribution in [0, 0.1) is 0 Å². The van der Waals surface area contributed by atoms with Crippen molar-refractivity contribution < 1.29 is 19.1 Å². The molecule has 4 rings (SSSR count). The number of carbonyl (C=O) groups excluding carboxylic acids is 3. The van der Waals surface area contributed by atoms with E-state index in [9.17, 15) is 14.4 Å². The van der Waals surface area contributed by atoms with Crippen molar-refractivity contribution in [3.63, 3.8) is 0 Å². The van der Waals surface area contributed by atoms with Gasteiger partial charge in [-0.2, -0.15) is 5.10 Å². The number of rotatable bonds is 8. The van der Waals surface area contributed by atoms with E-state index in [0.717, 1.165) is 10.0 Å². The normalized spacial score (nSPS) is 10.6. The van der Waals surface area contributed by atoms with Crippen LogP contribution in [0.5, 0.6) is 5.75 Å². The van der Waals surface area contributed by atoms with Crippen LogP contribution in [-0.2, 0) is 16.2 Å². The molecule has 0 unspecified atom stereocenters. The maximum Gasteiger partial charge on any atom is 0.329 e. The Labute approximate surface area is 227 Å². The van der Waals surface area contributed by atoms with Crippen LogP contribution in [-0.4, -0.2) is 23.9 Å². The standard InChI is InChI=1S/C29H23BrN4O4/c30-22-15-16-26(38-19-20-9-3-1-4-10-20)21(17-22)18-31-34-29(37)28(36)33-25-14-8-7-13-24(25)27(35)32-23-11-5-2-6-12-23/h1-18H,19H2,(H,32,35)(H,33,36)(H,34,37)/b31-18+. The molecule has 0 aliphatic heterocycles. The van der Waals surface area contributed by atoms with E-state index in [2.05, 4.69) is 37.1 Å². The van der Waals surface area contributed by atoms with E-state index < -0.39 is 17.7 Å². The summed E-state index contributed by atoms with van der Waals surface area (Å²) in [4.78, 5) is 37.6. The Hall–Kier alpha value is -4.76. The number of para-hydroxylation sites is 2. The Morgan fingerprint density at radius 2 is 1.47 bits per heavy atom. The molecule has 0 aromatic heterocycles. The number of amides is 3. The smallest absolute Gasteiger partial charge is 0.329 e. The highest BCUT2D eigenvalue weighted by atomic mass is 79.9. The van der Waals surface area contributed by atoms with Crippen molar-refractivity contribution in [1.29, 1.82) is 0 Å². The van der Waals surface area contributed by atoms with Crippen LogP contribution in [0.1, 0.15) is 21.5 Å². The van der Waals surface area contributed by atoms with Gasteiger partial charge in [0.15, 0.2) is 0 Å². The van der Waals surface area contributed by atoms with Crippen LogP contribution in [0.3, 0.4) is 0 Å². The average molecular weight is 571 g/mol. The number of anilines is 2. The lowest BCUT2D eigenvalue weighted by molar-refractivity contribution is -0.136. The van der Waals surface area contributed by atoms with Gasteiger partial charge in [-0.05, 0) is 48.0 Å². The molecular weight excluding hydrogens is 548 g/mol. The summed E-state index contributed by atoms with van der Waals surface area (Å²) in [5, 5.41) is 9.13. The van der Waals surface area contributed by atoms with Crippen LogP contribution in [0.15, 0.2) is 113 Å². The molecule has 3 N–H and O–H groups in total. The monoisotopic (exact) mass is 570 g/mol. The molecule has 4 aromatic carbocycles. The summed E-state index contributed by atoms with van der Waals surface area (Å²) in [6.45, 7) is 0.356. The SMILES string of the molecule is O=C(N/N=C/c1cc(Br)ccc1OCc1ccccc1)C(=O)Nc1ccccc1C(=O)Nc1ccccc1. The van der Waals surface area contributed by atoms with Gasteiger partial charge in [-0.15, -0.1) is 0 Å². The van der Waals surface area contributed by atoms with E-state index in [0.29, 0.717) is 23.6 Å². The zero-order valence-electron chi connectivity index (χ0n) is 20.1. The van der Waals surface area contributed by atoms with Gasteiger partial charge in [0, 0.05) is 15.7 Å². The summed E-state index contributed by atoms with van der Waals surface area (Å²) in [6.07, 6.45) is 1.39. The van der Waals surface area contributed by atoms with Crippen molar-refractivity contribution in [3.05, 3.63) is 124 Å². The molecule has 3 amide bonds. The van der Waals surface area contributed by atoms with Gasteiger partial charge in [-0.25, -0.2) is 5.43 Å². The number of nitrogens with one attached hydrogen (secondary N) is 3. The minimum Gasteiger partial charge on any atom is -0.488 e. The molecule has 0 aliphatic carbocycles. The number of ether oxygens (including phenoxy) is 1. The predicted octanol–water partition coefficient (Wildman–Crippen LogP) is 5.37. The highest BCUT2D eigenvalue weighted by Gasteiger charge is 2.18. The molecular formula is C29H23BrN4O4. The lowest BCUT2D eigenvalue weighted by Crippen LogP contribution is -2.33. The molecule has 0 atom stereocenters. The van der Waals surface area contributed by atoms with Gasteiger partial charge < -0.3 is 15.4 Å². The number of nitrogens with zero attached hydrogens (tertiary/aromatic N) is 1. The molecule has 0 saturated heterocycles. The van der Waals surface area contributed by atoms with Gasteiger partial charge in [-0.1, -0.05) is 76.6 Å². The summed E-state index contributed by atoms with van der Waals surface area (Å²) in [5.41, 5.74) is 4.80. The number of carbonyl (C=O) groups is 3. The first-order valence-corrected chi connectivity index (χ1v) is 12.3. The van der Waals surface area contributed by atoms with Crippen LogP contribution in [0.25, 0.3) is 0 Å². The number of hydrogen-bond donors (Lipinski definition) is 3. The van der Waals surface area contributed by atoms with Gasteiger partial charge in [0.1, 0.15) is 12.4 Å². The number of hydrazone groups is 1. The zero-order chi connectivity index (χ0) is 26.7. The third-order valence-corrected chi connectivity index (χ3v) is 5.73. The number of halogens is 1. The van der Waals surface area contributed by atoms with E-state index in [-0.39, 0.29) is 11.3 Å². The molecule has 0 spiro atoms. The van der Waals surface area contributed by atoms with Crippen molar-refractivity contribution in [2.45, 2.75) is 6.61 Å². The third kappa shape index (κ3) is 7.37. The Kier molecular flexibility index (Phi) is 8.98. The topological polar surface area (TPSA) is 109 Å². The fourth-order valence-corrected chi connectivity index (χ4v) is 3.77. The summed E-state index contributed by atoms with van der Waals surface area (Å²) in [5.74, 6) is -1.85. The second-order valence-corrected chi connectivity index (χ2v) is 8.89. The Morgan fingerprint density at radius 1 is 0.789 bits per heavy atom. The molecule has 190 valence electrons. The Morgan fingerprint density at radius 3 is 2.24 bits per heavy atom. The van der Waals surface area contributed by atoms with Crippen molar-refractivity contribution in [2.75, 3.05) is 10.6 Å². The fraction of sp³-hybridized carbons (Fsp3) is 0.0345. The van der Waals surface area contributed by atoms with Crippen LogP contribution >= 0.6 is 15.9 Å². The second-order valence-electron chi connectivity index (χ2n) is 7.98. The molecule has 4 aromatic rings.